The molecule has 0 spiro atoms. The number of aromatic nitrogens is 1. The SMILES string of the molecule is NC(=O)c1ccc2sc(C(CC(=O)O)C(=O)O)nc2c1. The maximum absolute atomic E-state index is 11.1. The Balaban J connectivity index is 2.46. The molecular formula is C12H10N2O5S. The number of carbonyl (C=O) groups is 3. The molecule has 0 saturated carbocycles. The van der Waals surface area contributed by atoms with Gasteiger partial charge in [0.15, 0.2) is 0 Å². The van der Waals surface area contributed by atoms with Gasteiger partial charge in [-0.15, -0.1) is 11.3 Å². The average molecular weight is 294 g/mol. The molecule has 1 unspecified atom stereocenters. The van der Waals surface area contributed by atoms with E-state index < -0.39 is 30.2 Å². The number of benzene rings is 1. The number of thiazole rings is 1. The van der Waals surface area contributed by atoms with Gasteiger partial charge in [-0.1, -0.05) is 0 Å². The predicted molar refractivity (Wildman–Crippen MR) is 70.8 cm³/mol. The molecule has 1 heterocycles. The molecule has 20 heavy (non-hydrogen) atoms. The Morgan fingerprint density at radius 3 is 2.55 bits per heavy atom. The minimum absolute atomic E-state index is 0.191. The lowest BCUT2D eigenvalue weighted by molar-refractivity contribution is -0.145. The van der Waals surface area contributed by atoms with Crippen molar-refractivity contribution in [1.29, 1.82) is 0 Å². The fourth-order valence-corrected chi connectivity index (χ4v) is 2.74. The maximum Gasteiger partial charge on any atom is 0.314 e. The van der Waals surface area contributed by atoms with Crippen LogP contribution >= 0.6 is 11.3 Å². The summed E-state index contributed by atoms with van der Waals surface area (Å²) in [5.41, 5.74) is 5.84. The van der Waals surface area contributed by atoms with Crippen molar-refractivity contribution in [3.8, 4) is 0 Å². The number of rotatable bonds is 5. The summed E-state index contributed by atoms with van der Waals surface area (Å²) in [4.78, 5) is 37.0. The highest BCUT2D eigenvalue weighted by molar-refractivity contribution is 7.18. The summed E-state index contributed by atoms with van der Waals surface area (Å²) in [5, 5.41) is 18.0. The van der Waals surface area contributed by atoms with Crippen molar-refractivity contribution >= 4 is 39.4 Å². The van der Waals surface area contributed by atoms with E-state index in [0.717, 1.165) is 11.3 Å². The maximum atomic E-state index is 11.1. The van der Waals surface area contributed by atoms with Crippen LogP contribution in [0.3, 0.4) is 0 Å². The van der Waals surface area contributed by atoms with Gasteiger partial charge in [-0.25, -0.2) is 4.98 Å². The first-order valence-corrected chi connectivity index (χ1v) is 6.35. The van der Waals surface area contributed by atoms with E-state index in [9.17, 15) is 14.4 Å². The summed E-state index contributed by atoms with van der Waals surface area (Å²) in [6.07, 6.45) is -0.544. The number of hydrogen-bond acceptors (Lipinski definition) is 5. The van der Waals surface area contributed by atoms with E-state index >= 15 is 0 Å². The molecule has 0 aliphatic heterocycles. The van der Waals surface area contributed by atoms with E-state index in [1.165, 1.54) is 12.1 Å². The molecule has 4 N–H and O–H groups in total. The van der Waals surface area contributed by atoms with Gasteiger partial charge in [0.1, 0.15) is 10.9 Å². The molecule has 0 fully saturated rings. The number of nitrogens with zero attached hydrogens (tertiary/aromatic N) is 1. The van der Waals surface area contributed by atoms with Gasteiger partial charge in [-0.3, -0.25) is 14.4 Å². The minimum Gasteiger partial charge on any atom is -0.481 e. The van der Waals surface area contributed by atoms with Crippen LogP contribution in [0.4, 0.5) is 0 Å². The molecule has 0 bridgehead atoms. The number of hydrogen-bond donors (Lipinski definition) is 3. The zero-order valence-electron chi connectivity index (χ0n) is 10.1. The highest BCUT2D eigenvalue weighted by atomic mass is 32.1. The summed E-state index contributed by atoms with van der Waals surface area (Å²) in [6, 6.07) is 4.58. The predicted octanol–water partition coefficient (Wildman–Crippen LogP) is 1.04. The van der Waals surface area contributed by atoms with E-state index in [-0.39, 0.29) is 10.6 Å². The molecule has 0 radical (unpaired) electrons. The van der Waals surface area contributed by atoms with Gasteiger partial charge in [0.25, 0.3) is 0 Å². The van der Waals surface area contributed by atoms with Gasteiger partial charge in [0.2, 0.25) is 5.91 Å². The molecule has 1 amide bonds. The molecule has 7 nitrogen and oxygen atoms in total. The quantitative estimate of drug-likeness (QED) is 0.755. The fourth-order valence-electron chi connectivity index (χ4n) is 1.70. The smallest absolute Gasteiger partial charge is 0.314 e. The molecule has 8 heteroatoms. The molecule has 1 aromatic carbocycles. The monoisotopic (exact) mass is 294 g/mol. The number of fused-ring (bicyclic) bond motifs is 1. The molecular weight excluding hydrogens is 284 g/mol. The molecule has 2 rings (SSSR count). The third-order valence-corrected chi connectivity index (χ3v) is 3.81. The lowest BCUT2D eigenvalue weighted by Crippen LogP contribution is -2.15. The van der Waals surface area contributed by atoms with Crippen molar-refractivity contribution in [2.45, 2.75) is 12.3 Å². The van der Waals surface area contributed by atoms with E-state index in [0.29, 0.717) is 10.2 Å². The highest BCUT2D eigenvalue weighted by Crippen LogP contribution is 2.30. The number of primary amides is 1. The van der Waals surface area contributed by atoms with Crippen molar-refractivity contribution in [2.24, 2.45) is 5.73 Å². The molecule has 0 saturated heterocycles. The van der Waals surface area contributed by atoms with Crippen LogP contribution in [0.1, 0.15) is 27.7 Å². The van der Waals surface area contributed by atoms with Crippen molar-refractivity contribution in [2.75, 3.05) is 0 Å². The zero-order valence-corrected chi connectivity index (χ0v) is 10.9. The van der Waals surface area contributed by atoms with Crippen LogP contribution in [0.25, 0.3) is 10.2 Å². The van der Waals surface area contributed by atoms with Gasteiger partial charge in [0, 0.05) is 5.56 Å². The van der Waals surface area contributed by atoms with Crippen molar-refractivity contribution < 1.29 is 24.6 Å². The van der Waals surface area contributed by atoms with Gasteiger partial charge >= 0.3 is 11.9 Å². The van der Waals surface area contributed by atoms with Crippen LogP contribution in [0.2, 0.25) is 0 Å². The number of carboxylic acids is 2. The minimum atomic E-state index is -1.25. The molecule has 0 aliphatic carbocycles. The first-order valence-electron chi connectivity index (χ1n) is 5.53. The van der Waals surface area contributed by atoms with Gasteiger partial charge in [0.05, 0.1) is 16.6 Å². The Morgan fingerprint density at radius 2 is 2.00 bits per heavy atom. The molecule has 0 aliphatic rings. The Bertz CT molecular complexity index is 709. The number of aliphatic carboxylic acids is 2. The number of nitrogens with two attached hydrogens (primary N) is 1. The Kier molecular flexibility index (Phi) is 3.66. The molecule has 2 aromatic rings. The average Bonchev–Trinajstić information content (AvgIpc) is 2.77. The van der Waals surface area contributed by atoms with Gasteiger partial charge < -0.3 is 15.9 Å². The number of carboxylic acid groups (broad SMARTS) is 2. The van der Waals surface area contributed by atoms with Crippen LogP contribution < -0.4 is 5.73 Å². The topological polar surface area (TPSA) is 131 Å². The van der Waals surface area contributed by atoms with Gasteiger partial charge in [-0.05, 0) is 18.2 Å². The van der Waals surface area contributed by atoms with E-state index in [1.807, 2.05) is 0 Å². The lowest BCUT2D eigenvalue weighted by atomic mass is 10.1. The Labute approximate surface area is 116 Å². The van der Waals surface area contributed by atoms with Crippen LogP contribution in [0, 0.1) is 0 Å². The summed E-state index contributed by atoms with van der Waals surface area (Å²) < 4.78 is 0.668. The summed E-state index contributed by atoms with van der Waals surface area (Å²) >= 11 is 1.09. The first-order chi connectivity index (χ1) is 9.38. The normalized spacial score (nSPS) is 12.2. The summed E-state index contributed by atoms with van der Waals surface area (Å²) in [5.74, 6) is -4.28. The van der Waals surface area contributed by atoms with Crippen molar-refractivity contribution in [3.05, 3.63) is 28.8 Å². The van der Waals surface area contributed by atoms with Crippen LogP contribution in [-0.4, -0.2) is 33.0 Å². The lowest BCUT2D eigenvalue weighted by Gasteiger charge is -2.04. The fraction of sp³-hybridized carbons (Fsp3) is 0.167. The number of carbonyl (C=O) groups excluding carboxylic acids is 1. The summed E-state index contributed by atoms with van der Waals surface area (Å²) in [7, 11) is 0. The van der Waals surface area contributed by atoms with Crippen molar-refractivity contribution in [3.63, 3.8) is 0 Å². The van der Waals surface area contributed by atoms with E-state index in [4.69, 9.17) is 15.9 Å². The van der Waals surface area contributed by atoms with Gasteiger partial charge in [-0.2, -0.15) is 0 Å². The molecule has 104 valence electrons. The van der Waals surface area contributed by atoms with Crippen LogP contribution in [0.15, 0.2) is 18.2 Å². The summed E-state index contributed by atoms with van der Waals surface area (Å²) in [6.45, 7) is 0. The second-order valence-corrected chi connectivity index (χ2v) is 5.15. The second kappa shape index (κ2) is 5.25. The van der Waals surface area contributed by atoms with E-state index in [2.05, 4.69) is 4.98 Å². The third kappa shape index (κ3) is 2.75. The Morgan fingerprint density at radius 1 is 1.30 bits per heavy atom. The van der Waals surface area contributed by atoms with Crippen LogP contribution in [0.5, 0.6) is 0 Å². The third-order valence-electron chi connectivity index (χ3n) is 2.66. The Hall–Kier alpha value is -2.48. The van der Waals surface area contributed by atoms with Crippen molar-refractivity contribution in [1.82, 2.24) is 4.98 Å². The molecule has 1 atom stereocenters. The first kappa shape index (κ1) is 13.9. The zero-order chi connectivity index (χ0) is 14.9. The number of amides is 1. The molecule has 1 aromatic heterocycles. The second-order valence-electron chi connectivity index (χ2n) is 4.09. The van der Waals surface area contributed by atoms with Crippen LogP contribution in [-0.2, 0) is 9.59 Å². The standard InChI is InChI=1S/C12H10N2O5S/c13-10(17)5-1-2-8-7(3-5)14-11(20-8)6(12(18)19)4-9(15)16/h1-3,6H,4H2,(H2,13,17)(H,15,16)(H,18,19). The highest BCUT2D eigenvalue weighted by Gasteiger charge is 2.26. The largest absolute Gasteiger partial charge is 0.481 e. The van der Waals surface area contributed by atoms with E-state index in [1.54, 1.807) is 6.07 Å².